The molecule has 2 atom stereocenters. The summed E-state index contributed by atoms with van der Waals surface area (Å²) in [6.07, 6.45) is 3.81. The van der Waals surface area contributed by atoms with Crippen LogP contribution in [0.25, 0.3) is 0 Å². The highest BCUT2D eigenvalue weighted by Gasteiger charge is 2.46. The minimum absolute atomic E-state index is 0.00197. The zero-order chi connectivity index (χ0) is 15.6. The van der Waals surface area contributed by atoms with Gasteiger partial charge in [0.15, 0.2) is 0 Å². The van der Waals surface area contributed by atoms with E-state index in [0.29, 0.717) is 6.42 Å². The van der Waals surface area contributed by atoms with Gasteiger partial charge in [0.2, 0.25) is 11.8 Å². The number of hydrogen-bond acceptors (Lipinski definition) is 3. The molecule has 2 heterocycles. The van der Waals surface area contributed by atoms with Crippen LogP contribution in [0.15, 0.2) is 22.8 Å². The number of piperazine rings is 1. The standard InChI is InChI=1S/C16H24N2O3/c1-5-13-14(19)17-16(3,4)15(20)18(13)11(2)8-9-12-7-6-10-21-12/h6-7,10-11,13H,5,8-9H2,1-4H3,(H,17,19). The normalized spacial score (nSPS) is 23.0. The maximum Gasteiger partial charge on any atom is 0.248 e. The van der Waals surface area contributed by atoms with Crippen LogP contribution in [0.4, 0.5) is 0 Å². The van der Waals surface area contributed by atoms with Gasteiger partial charge in [-0.25, -0.2) is 0 Å². The fourth-order valence-electron chi connectivity index (χ4n) is 2.87. The molecule has 0 spiro atoms. The second-order valence-electron chi connectivity index (χ2n) is 6.22. The Morgan fingerprint density at radius 2 is 2.14 bits per heavy atom. The predicted octanol–water partition coefficient (Wildman–Crippen LogP) is 2.12. The molecule has 1 N–H and O–H groups in total. The highest BCUT2D eigenvalue weighted by molar-refractivity contribution is 5.99. The Morgan fingerprint density at radius 1 is 1.43 bits per heavy atom. The van der Waals surface area contributed by atoms with Gasteiger partial charge in [0.25, 0.3) is 0 Å². The van der Waals surface area contributed by atoms with E-state index in [0.717, 1.165) is 18.6 Å². The Balaban J connectivity index is 2.12. The number of nitrogens with zero attached hydrogens (tertiary/aromatic N) is 1. The number of nitrogens with one attached hydrogen (secondary N) is 1. The molecule has 0 radical (unpaired) electrons. The summed E-state index contributed by atoms with van der Waals surface area (Å²) < 4.78 is 5.33. The molecular weight excluding hydrogens is 268 g/mol. The monoisotopic (exact) mass is 292 g/mol. The number of amides is 2. The summed E-state index contributed by atoms with van der Waals surface area (Å²) in [5.41, 5.74) is -0.832. The first-order valence-electron chi connectivity index (χ1n) is 7.54. The zero-order valence-corrected chi connectivity index (χ0v) is 13.2. The van der Waals surface area contributed by atoms with Crippen LogP contribution >= 0.6 is 0 Å². The molecule has 1 aromatic rings. The molecule has 5 heteroatoms. The van der Waals surface area contributed by atoms with Gasteiger partial charge >= 0.3 is 0 Å². The summed E-state index contributed by atoms with van der Waals surface area (Å²) in [7, 11) is 0. The van der Waals surface area contributed by atoms with Gasteiger partial charge in [-0.1, -0.05) is 6.92 Å². The van der Waals surface area contributed by atoms with Crippen molar-refractivity contribution in [2.75, 3.05) is 0 Å². The zero-order valence-electron chi connectivity index (χ0n) is 13.2. The molecule has 2 amide bonds. The van der Waals surface area contributed by atoms with Crippen LogP contribution in [0.3, 0.4) is 0 Å². The van der Waals surface area contributed by atoms with Crippen molar-refractivity contribution in [1.29, 1.82) is 0 Å². The molecular formula is C16H24N2O3. The molecule has 2 unspecified atom stereocenters. The van der Waals surface area contributed by atoms with Gasteiger partial charge in [0.1, 0.15) is 17.3 Å². The fraction of sp³-hybridized carbons (Fsp3) is 0.625. The van der Waals surface area contributed by atoms with Crippen LogP contribution in [0, 0.1) is 0 Å². The van der Waals surface area contributed by atoms with E-state index in [1.807, 2.05) is 26.0 Å². The van der Waals surface area contributed by atoms with Gasteiger partial charge < -0.3 is 14.6 Å². The Bertz CT molecular complexity index is 508. The first-order valence-corrected chi connectivity index (χ1v) is 7.54. The lowest BCUT2D eigenvalue weighted by molar-refractivity contribution is -0.156. The fourth-order valence-corrected chi connectivity index (χ4v) is 2.87. The van der Waals surface area contributed by atoms with Crippen molar-refractivity contribution in [3.63, 3.8) is 0 Å². The Hall–Kier alpha value is -1.78. The first kappa shape index (κ1) is 15.6. The molecule has 2 rings (SSSR count). The van der Waals surface area contributed by atoms with Gasteiger partial charge in [0.05, 0.1) is 6.26 Å². The lowest BCUT2D eigenvalue weighted by Gasteiger charge is -2.45. The van der Waals surface area contributed by atoms with Gasteiger partial charge in [-0.15, -0.1) is 0 Å². The second kappa shape index (κ2) is 5.92. The summed E-state index contributed by atoms with van der Waals surface area (Å²) in [6.45, 7) is 7.44. The van der Waals surface area contributed by atoms with Crippen molar-refractivity contribution in [2.45, 2.75) is 64.6 Å². The molecule has 21 heavy (non-hydrogen) atoms. The van der Waals surface area contributed by atoms with Gasteiger partial charge in [-0.3, -0.25) is 9.59 Å². The Kier molecular flexibility index (Phi) is 4.40. The van der Waals surface area contributed by atoms with Crippen molar-refractivity contribution in [2.24, 2.45) is 0 Å². The molecule has 0 saturated carbocycles. The highest BCUT2D eigenvalue weighted by Crippen LogP contribution is 2.24. The third kappa shape index (κ3) is 3.12. The number of furan rings is 1. The summed E-state index contributed by atoms with van der Waals surface area (Å²) in [5.74, 6) is 0.830. The average molecular weight is 292 g/mol. The highest BCUT2D eigenvalue weighted by atomic mass is 16.3. The topological polar surface area (TPSA) is 62.6 Å². The summed E-state index contributed by atoms with van der Waals surface area (Å²) >= 11 is 0. The molecule has 116 valence electrons. The lowest BCUT2D eigenvalue weighted by atomic mass is 9.93. The SMILES string of the molecule is CCC1C(=O)NC(C)(C)C(=O)N1C(C)CCc1ccco1. The molecule has 1 aliphatic heterocycles. The van der Waals surface area contributed by atoms with Crippen molar-refractivity contribution in [3.05, 3.63) is 24.2 Å². The number of carbonyl (C=O) groups is 2. The van der Waals surface area contributed by atoms with E-state index >= 15 is 0 Å². The third-order valence-corrected chi connectivity index (χ3v) is 4.09. The van der Waals surface area contributed by atoms with E-state index < -0.39 is 5.54 Å². The van der Waals surface area contributed by atoms with Gasteiger partial charge in [-0.2, -0.15) is 0 Å². The number of aryl methyl sites for hydroxylation is 1. The minimum atomic E-state index is -0.832. The van der Waals surface area contributed by atoms with Crippen LogP contribution in [-0.4, -0.2) is 34.3 Å². The summed E-state index contributed by atoms with van der Waals surface area (Å²) in [6, 6.07) is 3.41. The van der Waals surface area contributed by atoms with E-state index in [1.54, 1.807) is 25.0 Å². The Labute approximate surface area is 125 Å². The van der Waals surface area contributed by atoms with Crippen LogP contribution in [-0.2, 0) is 16.0 Å². The quantitative estimate of drug-likeness (QED) is 0.904. The van der Waals surface area contributed by atoms with Crippen LogP contribution in [0.1, 0.15) is 46.3 Å². The minimum Gasteiger partial charge on any atom is -0.469 e. The summed E-state index contributed by atoms with van der Waals surface area (Å²) in [4.78, 5) is 26.6. The van der Waals surface area contributed by atoms with E-state index in [2.05, 4.69) is 5.32 Å². The van der Waals surface area contributed by atoms with Gasteiger partial charge in [0, 0.05) is 12.5 Å². The second-order valence-corrected chi connectivity index (χ2v) is 6.22. The molecule has 1 aliphatic rings. The Morgan fingerprint density at radius 3 is 2.71 bits per heavy atom. The maximum atomic E-state index is 12.7. The molecule has 1 aromatic heterocycles. The molecule has 0 aliphatic carbocycles. The number of carbonyl (C=O) groups excluding carboxylic acids is 2. The van der Waals surface area contributed by atoms with Crippen molar-refractivity contribution < 1.29 is 14.0 Å². The van der Waals surface area contributed by atoms with E-state index in [9.17, 15) is 9.59 Å². The maximum absolute atomic E-state index is 12.7. The van der Waals surface area contributed by atoms with Crippen LogP contribution in [0.5, 0.6) is 0 Å². The van der Waals surface area contributed by atoms with Crippen LogP contribution < -0.4 is 5.32 Å². The molecule has 1 fully saturated rings. The van der Waals surface area contributed by atoms with Crippen molar-refractivity contribution in [3.8, 4) is 0 Å². The first-order chi connectivity index (χ1) is 9.86. The lowest BCUT2D eigenvalue weighted by Crippen LogP contribution is -2.69. The molecule has 0 bridgehead atoms. The van der Waals surface area contributed by atoms with Crippen LogP contribution in [0.2, 0.25) is 0 Å². The molecule has 0 aromatic carbocycles. The van der Waals surface area contributed by atoms with Crippen molar-refractivity contribution in [1.82, 2.24) is 10.2 Å². The van der Waals surface area contributed by atoms with E-state index in [4.69, 9.17) is 4.42 Å². The summed E-state index contributed by atoms with van der Waals surface area (Å²) in [5, 5.41) is 2.81. The smallest absolute Gasteiger partial charge is 0.248 e. The average Bonchev–Trinajstić information content (AvgIpc) is 2.92. The number of hydrogen-bond donors (Lipinski definition) is 1. The van der Waals surface area contributed by atoms with Gasteiger partial charge in [-0.05, 0) is 45.7 Å². The van der Waals surface area contributed by atoms with E-state index in [-0.39, 0.29) is 23.9 Å². The third-order valence-electron chi connectivity index (χ3n) is 4.09. The van der Waals surface area contributed by atoms with E-state index in [1.165, 1.54) is 0 Å². The number of rotatable bonds is 5. The van der Waals surface area contributed by atoms with Crippen molar-refractivity contribution >= 4 is 11.8 Å². The molecule has 5 nitrogen and oxygen atoms in total. The molecule has 1 saturated heterocycles. The largest absolute Gasteiger partial charge is 0.469 e. The predicted molar refractivity (Wildman–Crippen MR) is 79.6 cm³/mol.